The van der Waals surface area contributed by atoms with E-state index in [4.69, 9.17) is 5.11 Å². The Balaban J connectivity index is 2.69. The van der Waals surface area contributed by atoms with Crippen LogP contribution in [0.5, 0.6) is 0 Å². The first-order valence-corrected chi connectivity index (χ1v) is 7.38. The number of carbonyl (C=O) groups excluding carboxylic acids is 3. The van der Waals surface area contributed by atoms with Gasteiger partial charge in [-0.1, -0.05) is 0 Å². The molecule has 3 N–H and O–H groups in total. The second-order valence-corrected chi connectivity index (χ2v) is 5.32. The first kappa shape index (κ1) is 16.3. The molecule has 4 amide bonds. The average Bonchev–Trinajstić information content (AvgIpc) is 2.38. The molecule has 0 radical (unpaired) electrons. The molecule has 1 rings (SSSR count). The highest BCUT2D eigenvalue weighted by molar-refractivity contribution is 7.98. The van der Waals surface area contributed by atoms with Gasteiger partial charge in [-0.2, -0.15) is 11.8 Å². The molecule has 2 unspecified atom stereocenters. The van der Waals surface area contributed by atoms with Crippen molar-refractivity contribution in [1.29, 1.82) is 0 Å². The van der Waals surface area contributed by atoms with Crippen LogP contribution in [0.4, 0.5) is 4.79 Å². The van der Waals surface area contributed by atoms with E-state index in [1.165, 1.54) is 18.7 Å². The molecule has 20 heavy (non-hydrogen) atoms. The van der Waals surface area contributed by atoms with Crippen molar-refractivity contribution in [3.8, 4) is 0 Å². The molecular weight excluding hydrogens is 286 g/mol. The largest absolute Gasteiger partial charge is 0.480 e. The molecule has 0 aromatic carbocycles. The topological polar surface area (TPSA) is 116 Å². The van der Waals surface area contributed by atoms with Crippen LogP contribution >= 0.6 is 11.8 Å². The van der Waals surface area contributed by atoms with E-state index in [2.05, 4.69) is 10.6 Å². The van der Waals surface area contributed by atoms with Gasteiger partial charge in [-0.05, 0) is 25.4 Å². The van der Waals surface area contributed by atoms with Crippen molar-refractivity contribution >= 4 is 35.6 Å². The molecule has 1 fully saturated rings. The number of piperazine rings is 1. The van der Waals surface area contributed by atoms with E-state index in [-0.39, 0.29) is 13.0 Å². The zero-order valence-electron chi connectivity index (χ0n) is 11.2. The highest BCUT2D eigenvalue weighted by Crippen LogP contribution is 2.07. The Kier molecular flexibility index (Phi) is 5.81. The minimum Gasteiger partial charge on any atom is -0.480 e. The van der Waals surface area contributed by atoms with E-state index in [1.54, 1.807) is 0 Å². The molecule has 0 aromatic heterocycles. The Morgan fingerprint density at radius 1 is 1.55 bits per heavy atom. The summed E-state index contributed by atoms with van der Waals surface area (Å²) in [6.45, 7) is 1.20. The number of amides is 4. The number of hydrogen-bond donors (Lipinski definition) is 3. The number of carboxylic acids is 1. The Bertz CT molecular complexity index is 428. The molecule has 0 aliphatic carbocycles. The van der Waals surface area contributed by atoms with Gasteiger partial charge in [-0.15, -0.1) is 0 Å². The number of rotatable bonds is 5. The van der Waals surface area contributed by atoms with Crippen LogP contribution in [0.25, 0.3) is 0 Å². The van der Waals surface area contributed by atoms with Crippen LogP contribution in [0, 0.1) is 0 Å². The van der Waals surface area contributed by atoms with E-state index in [9.17, 15) is 19.2 Å². The van der Waals surface area contributed by atoms with Crippen LogP contribution < -0.4 is 10.6 Å². The Morgan fingerprint density at radius 2 is 2.20 bits per heavy atom. The summed E-state index contributed by atoms with van der Waals surface area (Å²) in [5, 5.41) is 13.5. The molecule has 0 spiro atoms. The summed E-state index contributed by atoms with van der Waals surface area (Å²) >= 11 is 1.46. The van der Waals surface area contributed by atoms with Gasteiger partial charge in [0.2, 0.25) is 11.8 Å². The van der Waals surface area contributed by atoms with Crippen molar-refractivity contribution in [2.24, 2.45) is 0 Å². The quantitative estimate of drug-likeness (QED) is 0.576. The highest BCUT2D eigenvalue weighted by atomic mass is 32.2. The fourth-order valence-electron chi connectivity index (χ4n) is 1.69. The van der Waals surface area contributed by atoms with Gasteiger partial charge in [0.1, 0.15) is 18.6 Å². The maximum atomic E-state index is 12.0. The van der Waals surface area contributed by atoms with Gasteiger partial charge in [0, 0.05) is 0 Å². The Morgan fingerprint density at radius 3 is 2.75 bits per heavy atom. The lowest BCUT2D eigenvalue weighted by Gasteiger charge is -2.32. The van der Waals surface area contributed by atoms with E-state index in [1.807, 2.05) is 6.26 Å². The highest BCUT2D eigenvalue weighted by Gasteiger charge is 2.35. The second kappa shape index (κ2) is 7.13. The van der Waals surface area contributed by atoms with Crippen molar-refractivity contribution in [2.75, 3.05) is 18.6 Å². The van der Waals surface area contributed by atoms with Crippen LogP contribution in [0.15, 0.2) is 0 Å². The smallest absolute Gasteiger partial charge is 0.326 e. The van der Waals surface area contributed by atoms with Gasteiger partial charge < -0.3 is 15.3 Å². The zero-order chi connectivity index (χ0) is 15.3. The summed E-state index contributed by atoms with van der Waals surface area (Å²) in [5.74, 6) is -1.73. The monoisotopic (exact) mass is 303 g/mol. The molecule has 2 atom stereocenters. The lowest BCUT2D eigenvalue weighted by molar-refractivity contribution is -0.139. The third-order valence-electron chi connectivity index (χ3n) is 2.89. The Hall–Kier alpha value is -1.77. The predicted octanol–water partition coefficient (Wildman–Crippen LogP) is -0.751. The van der Waals surface area contributed by atoms with Crippen LogP contribution in [-0.4, -0.2) is 64.5 Å². The number of imide groups is 1. The summed E-state index contributed by atoms with van der Waals surface area (Å²) in [7, 11) is 0. The minimum atomic E-state index is -1.15. The first-order chi connectivity index (χ1) is 9.36. The van der Waals surface area contributed by atoms with E-state index in [0.29, 0.717) is 5.75 Å². The SMILES string of the molecule is CSCCC(NC(=O)N1CC(=O)NC(=O)C1C)C(=O)O. The van der Waals surface area contributed by atoms with Gasteiger partial charge >= 0.3 is 12.0 Å². The van der Waals surface area contributed by atoms with E-state index < -0.39 is 35.9 Å². The maximum absolute atomic E-state index is 12.0. The average molecular weight is 303 g/mol. The van der Waals surface area contributed by atoms with E-state index >= 15 is 0 Å². The van der Waals surface area contributed by atoms with Crippen molar-refractivity contribution in [3.05, 3.63) is 0 Å². The molecule has 1 aliphatic rings. The number of carbonyl (C=O) groups is 4. The van der Waals surface area contributed by atoms with Gasteiger partial charge in [-0.25, -0.2) is 9.59 Å². The normalized spacial score (nSPS) is 20.3. The Labute approximate surface area is 120 Å². The second-order valence-electron chi connectivity index (χ2n) is 4.34. The molecular formula is C11H17N3O5S. The van der Waals surface area contributed by atoms with Gasteiger partial charge in [0.25, 0.3) is 0 Å². The van der Waals surface area contributed by atoms with Crippen molar-refractivity contribution in [1.82, 2.24) is 15.5 Å². The fourth-order valence-corrected chi connectivity index (χ4v) is 2.16. The molecule has 0 aromatic rings. The summed E-state index contributed by atoms with van der Waals surface area (Å²) in [4.78, 5) is 46.7. The van der Waals surface area contributed by atoms with Crippen molar-refractivity contribution in [3.63, 3.8) is 0 Å². The molecule has 112 valence electrons. The van der Waals surface area contributed by atoms with E-state index in [0.717, 1.165) is 4.90 Å². The number of aliphatic carboxylic acids is 1. The van der Waals surface area contributed by atoms with Crippen molar-refractivity contribution < 1.29 is 24.3 Å². The van der Waals surface area contributed by atoms with Crippen LogP contribution in [-0.2, 0) is 14.4 Å². The molecule has 1 saturated heterocycles. The summed E-state index contributed by atoms with van der Waals surface area (Å²) in [5.41, 5.74) is 0. The number of carboxylic acid groups (broad SMARTS) is 1. The molecule has 9 heteroatoms. The molecule has 8 nitrogen and oxygen atoms in total. The number of thioether (sulfide) groups is 1. The zero-order valence-corrected chi connectivity index (χ0v) is 12.0. The third-order valence-corrected chi connectivity index (χ3v) is 3.53. The summed E-state index contributed by atoms with van der Waals surface area (Å²) < 4.78 is 0. The number of nitrogens with one attached hydrogen (secondary N) is 2. The summed E-state index contributed by atoms with van der Waals surface area (Å²) in [6.07, 6.45) is 2.10. The molecule has 0 saturated carbocycles. The maximum Gasteiger partial charge on any atom is 0.326 e. The van der Waals surface area contributed by atoms with Crippen molar-refractivity contribution in [2.45, 2.75) is 25.4 Å². The first-order valence-electron chi connectivity index (χ1n) is 5.99. The van der Waals surface area contributed by atoms with Gasteiger partial charge in [0.05, 0.1) is 0 Å². The lowest BCUT2D eigenvalue weighted by Crippen LogP contribution is -2.62. The standard InChI is InChI=1S/C11H17N3O5S/c1-6-9(16)13-8(15)5-14(6)11(19)12-7(10(17)18)3-4-20-2/h6-7H,3-5H2,1-2H3,(H,12,19)(H,17,18)(H,13,15,16). The number of nitrogens with zero attached hydrogens (tertiary/aromatic N) is 1. The van der Waals surface area contributed by atoms with Gasteiger partial charge in [-0.3, -0.25) is 14.9 Å². The van der Waals surface area contributed by atoms with Gasteiger partial charge in [0.15, 0.2) is 0 Å². The van der Waals surface area contributed by atoms with Crippen LogP contribution in [0.2, 0.25) is 0 Å². The lowest BCUT2D eigenvalue weighted by atomic mass is 10.2. The van der Waals surface area contributed by atoms with Crippen LogP contribution in [0.3, 0.4) is 0 Å². The summed E-state index contributed by atoms with van der Waals surface area (Å²) in [6, 6.07) is -2.58. The number of hydrogen-bond acceptors (Lipinski definition) is 5. The fraction of sp³-hybridized carbons (Fsp3) is 0.636. The molecule has 0 bridgehead atoms. The van der Waals surface area contributed by atoms with Crippen LogP contribution in [0.1, 0.15) is 13.3 Å². The minimum absolute atomic E-state index is 0.268. The predicted molar refractivity (Wildman–Crippen MR) is 72.3 cm³/mol. The third kappa shape index (κ3) is 4.12. The number of urea groups is 1. The molecule has 1 aliphatic heterocycles. The molecule has 1 heterocycles.